The van der Waals surface area contributed by atoms with Crippen LogP contribution in [0.2, 0.25) is 0 Å². The van der Waals surface area contributed by atoms with Gasteiger partial charge in [0.05, 0.1) is 23.9 Å². The van der Waals surface area contributed by atoms with Crippen LogP contribution in [0, 0.1) is 12.8 Å². The zero-order valence-corrected chi connectivity index (χ0v) is 21.9. The number of aryl methyl sites for hydroxylation is 1. The number of aromatic nitrogens is 2. The molecule has 1 unspecified atom stereocenters. The Balaban J connectivity index is 1.03. The molecular formula is C26H39N5O3S. The van der Waals surface area contributed by atoms with Crippen molar-refractivity contribution in [1.82, 2.24) is 20.4 Å². The van der Waals surface area contributed by atoms with Crippen LogP contribution < -0.4 is 10.2 Å². The van der Waals surface area contributed by atoms with Gasteiger partial charge in [-0.05, 0) is 70.8 Å². The van der Waals surface area contributed by atoms with Crippen molar-refractivity contribution < 1.29 is 14.1 Å². The highest BCUT2D eigenvalue weighted by molar-refractivity contribution is 7.15. The van der Waals surface area contributed by atoms with Crippen molar-refractivity contribution in [3.05, 3.63) is 28.1 Å². The van der Waals surface area contributed by atoms with Gasteiger partial charge in [-0.1, -0.05) is 5.16 Å². The van der Waals surface area contributed by atoms with E-state index >= 15 is 0 Å². The number of carbonyl (C=O) groups is 1. The molecule has 0 spiro atoms. The van der Waals surface area contributed by atoms with Gasteiger partial charge in [0.1, 0.15) is 5.76 Å². The second-order valence-electron chi connectivity index (χ2n) is 10.5. The summed E-state index contributed by atoms with van der Waals surface area (Å²) in [5.74, 6) is 1.44. The van der Waals surface area contributed by atoms with Crippen LogP contribution >= 0.6 is 11.3 Å². The van der Waals surface area contributed by atoms with E-state index in [1.54, 1.807) is 0 Å². The van der Waals surface area contributed by atoms with Gasteiger partial charge >= 0.3 is 0 Å². The predicted molar refractivity (Wildman–Crippen MR) is 137 cm³/mol. The first-order valence-electron chi connectivity index (χ1n) is 13.3. The molecular weight excluding hydrogens is 462 g/mol. The van der Waals surface area contributed by atoms with Gasteiger partial charge in [0.25, 0.3) is 0 Å². The molecule has 4 heterocycles. The van der Waals surface area contributed by atoms with Gasteiger partial charge in [0.2, 0.25) is 5.91 Å². The Morgan fingerprint density at radius 3 is 2.89 bits per heavy atom. The third-order valence-electron chi connectivity index (χ3n) is 7.85. The molecule has 1 N–H and O–H groups in total. The molecule has 1 aliphatic carbocycles. The molecule has 0 aromatic carbocycles. The number of thiazole rings is 1. The molecule has 9 heteroatoms. The van der Waals surface area contributed by atoms with Gasteiger partial charge in [-0.25, -0.2) is 4.98 Å². The lowest BCUT2D eigenvalue weighted by atomic mass is 9.84. The van der Waals surface area contributed by atoms with Crippen molar-refractivity contribution in [1.29, 1.82) is 0 Å². The molecule has 35 heavy (non-hydrogen) atoms. The highest BCUT2D eigenvalue weighted by atomic mass is 32.1. The first-order chi connectivity index (χ1) is 17.1. The van der Waals surface area contributed by atoms with E-state index in [4.69, 9.17) is 14.2 Å². The summed E-state index contributed by atoms with van der Waals surface area (Å²) in [5.41, 5.74) is 2.11. The fraction of sp³-hybridized carbons (Fsp3) is 0.731. The molecule has 2 aromatic rings. The van der Waals surface area contributed by atoms with E-state index in [-0.39, 0.29) is 12.3 Å². The molecule has 0 radical (unpaired) electrons. The maximum absolute atomic E-state index is 12.3. The topological polar surface area (TPSA) is 83.7 Å². The van der Waals surface area contributed by atoms with Crippen LogP contribution in [-0.2, 0) is 28.9 Å². The second-order valence-corrected chi connectivity index (χ2v) is 11.6. The lowest BCUT2D eigenvalue weighted by molar-refractivity contribution is -0.121. The van der Waals surface area contributed by atoms with E-state index in [2.05, 4.69) is 20.3 Å². The zero-order valence-electron chi connectivity index (χ0n) is 21.1. The van der Waals surface area contributed by atoms with Crippen molar-refractivity contribution >= 4 is 22.4 Å². The smallest absolute Gasteiger partial charge is 0.227 e. The molecule has 3 aliphatic rings. The fourth-order valence-electron chi connectivity index (χ4n) is 5.77. The average Bonchev–Trinajstić information content (AvgIpc) is 3.49. The maximum Gasteiger partial charge on any atom is 0.227 e. The Morgan fingerprint density at radius 2 is 2.11 bits per heavy atom. The van der Waals surface area contributed by atoms with E-state index in [9.17, 15) is 4.79 Å². The Morgan fingerprint density at radius 1 is 1.26 bits per heavy atom. The number of nitrogens with one attached hydrogen (secondary N) is 1. The number of fused-ring (bicyclic) bond motifs is 1. The predicted octanol–water partition coefficient (Wildman–Crippen LogP) is 3.72. The minimum absolute atomic E-state index is 0.0404. The second kappa shape index (κ2) is 11.4. The first kappa shape index (κ1) is 24.7. The summed E-state index contributed by atoms with van der Waals surface area (Å²) in [7, 11) is 1.82. The summed E-state index contributed by atoms with van der Waals surface area (Å²) in [6, 6.07) is 2.12. The molecule has 1 amide bonds. The van der Waals surface area contributed by atoms with Crippen LogP contribution in [0.15, 0.2) is 10.6 Å². The minimum atomic E-state index is 0.0404. The van der Waals surface area contributed by atoms with Crippen molar-refractivity contribution in [2.45, 2.75) is 83.4 Å². The molecule has 5 rings (SSSR count). The van der Waals surface area contributed by atoms with Crippen molar-refractivity contribution in [3.8, 4) is 0 Å². The number of methoxy groups -OCH3 is 1. The monoisotopic (exact) mass is 501 g/mol. The van der Waals surface area contributed by atoms with Crippen molar-refractivity contribution in [2.75, 3.05) is 38.2 Å². The number of carbonyl (C=O) groups excluding carboxylic acids is 1. The summed E-state index contributed by atoms with van der Waals surface area (Å²) < 4.78 is 10.8. The normalized spacial score (nSPS) is 25.4. The molecule has 2 aromatic heterocycles. The lowest BCUT2D eigenvalue weighted by Crippen LogP contribution is -2.39. The first-order valence-corrected chi connectivity index (χ1v) is 14.1. The van der Waals surface area contributed by atoms with Gasteiger partial charge < -0.3 is 19.5 Å². The Bertz CT molecular complexity index is 984. The molecule has 192 valence electrons. The standard InChI is InChI=1S/C26H39N5O3S/c1-18-14-22(34-29-18)15-25(32)27-20-7-5-19(6-8-20)9-12-30-13-10-24-23(17-30)28-26(35-24)31-11-3-4-21(16-31)33-2/h14,19-21H,3-13,15-17H2,1-2H3,(H,27,32)/t19-,20-,21?. The highest BCUT2D eigenvalue weighted by Gasteiger charge is 2.27. The summed E-state index contributed by atoms with van der Waals surface area (Å²) in [5, 5.41) is 8.24. The summed E-state index contributed by atoms with van der Waals surface area (Å²) >= 11 is 1.90. The van der Waals surface area contributed by atoms with E-state index in [1.807, 2.05) is 31.4 Å². The molecule has 2 aliphatic heterocycles. The van der Waals surface area contributed by atoms with Crippen LogP contribution in [0.3, 0.4) is 0 Å². The zero-order chi connectivity index (χ0) is 24.2. The van der Waals surface area contributed by atoms with Crippen LogP contribution in [-0.4, -0.2) is 66.4 Å². The largest absolute Gasteiger partial charge is 0.380 e. The number of anilines is 1. The number of nitrogens with zero attached hydrogens (tertiary/aromatic N) is 4. The van der Waals surface area contributed by atoms with Gasteiger partial charge in [-0.2, -0.15) is 0 Å². The van der Waals surface area contributed by atoms with Gasteiger partial charge in [0, 0.05) is 50.3 Å². The van der Waals surface area contributed by atoms with Crippen LogP contribution in [0.4, 0.5) is 5.13 Å². The molecule has 1 saturated carbocycles. The quantitative estimate of drug-likeness (QED) is 0.590. The number of piperidine rings is 1. The van der Waals surface area contributed by atoms with E-state index in [0.717, 1.165) is 70.0 Å². The van der Waals surface area contributed by atoms with E-state index < -0.39 is 0 Å². The summed E-state index contributed by atoms with van der Waals surface area (Å²) in [6.45, 7) is 7.21. The average molecular weight is 502 g/mol. The number of amides is 1. The fourth-order valence-corrected chi connectivity index (χ4v) is 6.86. The molecule has 8 nitrogen and oxygen atoms in total. The Hall–Kier alpha value is -1.97. The van der Waals surface area contributed by atoms with E-state index in [0.29, 0.717) is 17.9 Å². The third kappa shape index (κ3) is 6.43. The number of rotatable bonds is 8. The van der Waals surface area contributed by atoms with Crippen LogP contribution in [0.5, 0.6) is 0 Å². The Kier molecular flexibility index (Phi) is 8.04. The van der Waals surface area contributed by atoms with Crippen LogP contribution in [0.1, 0.15) is 67.0 Å². The molecule has 1 saturated heterocycles. The minimum Gasteiger partial charge on any atom is -0.380 e. The highest BCUT2D eigenvalue weighted by Crippen LogP contribution is 2.33. The summed E-state index contributed by atoms with van der Waals surface area (Å²) in [6.07, 6.45) is 9.86. The third-order valence-corrected chi connectivity index (χ3v) is 9.07. The molecule has 1 atom stereocenters. The van der Waals surface area contributed by atoms with Crippen LogP contribution in [0.25, 0.3) is 0 Å². The molecule has 0 bridgehead atoms. The SMILES string of the molecule is COC1CCCN(c2nc3c(s2)CCN(CC[C@H]2CC[C@H](NC(=O)Cc4cc(C)no4)CC2)C3)C1. The number of hydrogen-bond acceptors (Lipinski definition) is 8. The molecule has 2 fully saturated rings. The van der Waals surface area contributed by atoms with E-state index in [1.165, 1.54) is 41.4 Å². The lowest BCUT2D eigenvalue weighted by Gasteiger charge is -2.32. The van der Waals surface area contributed by atoms with Gasteiger partial charge in [-0.3, -0.25) is 9.69 Å². The summed E-state index contributed by atoms with van der Waals surface area (Å²) in [4.78, 5) is 23.9. The number of ether oxygens (including phenoxy) is 1. The van der Waals surface area contributed by atoms with Gasteiger partial charge in [0.15, 0.2) is 5.13 Å². The maximum atomic E-state index is 12.3. The van der Waals surface area contributed by atoms with Gasteiger partial charge in [-0.15, -0.1) is 11.3 Å². The van der Waals surface area contributed by atoms with Crippen molar-refractivity contribution in [2.24, 2.45) is 5.92 Å². The number of hydrogen-bond donors (Lipinski definition) is 1. The Labute approximate surface area is 212 Å². The van der Waals surface area contributed by atoms with Crippen molar-refractivity contribution in [3.63, 3.8) is 0 Å².